The molecule has 0 aliphatic carbocycles. The van der Waals surface area contributed by atoms with Gasteiger partial charge in [-0.2, -0.15) is 0 Å². The van der Waals surface area contributed by atoms with E-state index < -0.39 is 0 Å². The number of anilines is 2. The van der Waals surface area contributed by atoms with E-state index in [4.69, 9.17) is 17.0 Å². The van der Waals surface area contributed by atoms with E-state index in [1.807, 2.05) is 25.1 Å². The second-order valence-electron chi connectivity index (χ2n) is 7.36. The van der Waals surface area contributed by atoms with Crippen molar-refractivity contribution in [1.82, 2.24) is 5.32 Å². The SMILES string of the molecule is CCCCCC(=O)Nc1cccc(NC(=S)NC(=O)c2ccc(OC(C)CC)cc2)c1. The second kappa shape index (κ2) is 12.7. The van der Waals surface area contributed by atoms with Gasteiger partial charge in [-0.3, -0.25) is 14.9 Å². The Morgan fingerprint density at radius 2 is 1.68 bits per heavy atom. The van der Waals surface area contributed by atoms with Crippen molar-refractivity contribution in [3.63, 3.8) is 0 Å². The van der Waals surface area contributed by atoms with Crippen molar-refractivity contribution < 1.29 is 14.3 Å². The Morgan fingerprint density at radius 3 is 2.32 bits per heavy atom. The molecule has 0 saturated carbocycles. The van der Waals surface area contributed by atoms with Gasteiger partial charge in [0.15, 0.2) is 5.11 Å². The van der Waals surface area contributed by atoms with Gasteiger partial charge in [0.1, 0.15) is 5.75 Å². The van der Waals surface area contributed by atoms with Crippen LogP contribution in [0.1, 0.15) is 63.2 Å². The minimum atomic E-state index is -0.312. The molecule has 0 fully saturated rings. The molecule has 3 N–H and O–H groups in total. The maximum absolute atomic E-state index is 12.4. The van der Waals surface area contributed by atoms with Crippen molar-refractivity contribution in [2.45, 2.75) is 59.0 Å². The Kier molecular flexibility index (Phi) is 9.97. The number of hydrogen-bond acceptors (Lipinski definition) is 4. The molecule has 0 aliphatic heterocycles. The summed E-state index contributed by atoms with van der Waals surface area (Å²) < 4.78 is 5.72. The Hall–Kier alpha value is -2.93. The zero-order valence-corrected chi connectivity index (χ0v) is 19.2. The summed E-state index contributed by atoms with van der Waals surface area (Å²) in [6.45, 7) is 6.15. The smallest absolute Gasteiger partial charge is 0.257 e. The average Bonchev–Trinajstić information content (AvgIpc) is 2.74. The highest BCUT2D eigenvalue weighted by Crippen LogP contribution is 2.17. The van der Waals surface area contributed by atoms with Crippen LogP contribution in [0, 0.1) is 0 Å². The van der Waals surface area contributed by atoms with Gasteiger partial charge in [-0.15, -0.1) is 0 Å². The van der Waals surface area contributed by atoms with E-state index in [0.29, 0.717) is 23.4 Å². The summed E-state index contributed by atoms with van der Waals surface area (Å²) in [6, 6.07) is 14.1. The lowest BCUT2D eigenvalue weighted by Crippen LogP contribution is -2.34. The van der Waals surface area contributed by atoms with Gasteiger partial charge in [0.2, 0.25) is 5.91 Å². The van der Waals surface area contributed by atoms with Crippen LogP contribution in [0.25, 0.3) is 0 Å². The number of rotatable bonds is 10. The third-order valence-corrected chi connectivity index (χ3v) is 4.87. The van der Waals surface area contributed by atoms with Crippen molar-refractivity contribution >= 4 is 40.5 Å². The van der Waals surface area contributed by atoms with Crippen LogP contribution in [-0.2, 0) is 4.79 Å². The Bertz CT molecular complexity index is 884. The lowest BCUT2D eigenvalue weighted by atomic mass is 10.2. The molecule has 0 spiro atoms. The summed E-state index contributed by atoms with van der Waals surface area (Å²) in [5.41, 5.74) is 1.83. The van der Waals surface area contributed by atoms with E-state index in [9.17, 15) is 9.59 Å². The minimum Gasteiger partial charge on any atom is -0.491 e. The molecule has 0 aliphatic rings. The van der Waals surface area contributed by atoms with Crippen LogP contribution in [0.5, 0.6) is 5.75 Å². The second-order valence-corrected chi connectivity index (χ2v) is 7.76. The van der Waals surface area contributed by atoms with Gasteiger partial charge in [-0.1, -0.05) is 32.8 Å². The molecule has 0 radical (unpaired) electrons. The number of benzene rings is 2. The van der Waals surface area contributed by atoms with E-state index >= 15 is 0 Å². The van der Waals surface area contributed by atoms with Crippen molar-refractivity contribution in [1.29, 1.82) is 0 Å². The molecular formula is C24H31N3O3S. The van der Waals surface area contributed by atoms with Crippen LogP contribution in [0.3, 0.4) is 0 Å². The molecule has 6 nitrogen and oxygen atoms in total. The first-order chi connectivity index (χ1) is 14.9. The monoisotopic (exact) mass is 441 g/mol. The normalized spacial score (nSPS) is 11.3. The maximum atomic E-state index is 12.4. The predicted molar refractivity (Wildman–Crippen MR) is 130 cm³/mol. The predicted octanol–water partition coefficient (Wildman–Crippen LogP) is 5.51. The highest BCUT2D eigenvalue weighted by molar-refractivity contribution is 7.80. The Labute approximate surface area is 189 Å². The number of ether oxygens (including phenoxy) is 1. The van der Waals surface area contributed by atoms with E-state index in [1.54, 1.807) is 30.3 Å². The highest BCUT2D eigenvalue weighted by atomic mass is 32.1. The van der Waals surface area contributed by atoms with Gasteiger partial charge in [-0.05, 0) is 74.4 Å². The van der Waals surface area contributed by atoms with Gasteiger partial charge in [0.25, 0.3) is 5.91 Å². The summed E-state index contributed by atoms with van der Waals surface area (Å²) in [5.74, 6) is 0.398. The number of unbranched alkanes of at least 4 members (excludes halogenated alkanes) is 2. The van der Waals surface area contributed by atoms with E-state index in [-0.39, 0.29) is 23.0 Å². The summed E-state index contributed by atoms with van der Waals surface area (Å²) >= 11 is 5.26. The molecule has 1 unspecified atom stereocenters. The van der Waals surface area contributed by atoms with Crippen molar-refractivity contribution in [3.05, 3.63) is 54.1 Å². The minimum absolute atomic E-state index is 0.0118. The lowest BCUT2D eigenvalue weighted by Gasteiger charge is -2.13. The highest BCUT2D eigenvalue weighted by Gasteiger charge is 2.10. The molecule has 0 aromatic heterocycles. The topological polar surface area (TPSA) is 79.5 Å². The van der Waals surface area contributed by atoms with Gasteiger partial charge in [0, 0.05) is 23.4 Å². The number of hydrogen-bond donors (Lipinski definition) is 3. The fraction of sp³-hybridized carbons (Fsp3) is 0.375. The van der Waals surface area contributed by atoms with E-state index in [2.05, 4.69) is 29.8 Å². The van der Waals surface area contributed by atoms with E-state index in [1.165, 1.54) is 0 Å². The number of thiocarbonyl (C=S) groups is 1. The summed E-state index contributed by atoms with van der Waals surface area (Å²) in [7, 11) is 0. The van der Waals surface area contributed by atoms with Crippen LogP contribution < -0.4 is 20.7 Å². The molecule has 2 aromatic rings. The van der Waals surface area contributed by atoms with Crippen LogP contribution >= 0.6 is 12.2 Å². The van der Waals surface area contributed by atoms with Gasteiger partial charge in [-0.25, -0.2) is 0 Å². The third kappa shape index (κ3) is 8.76. The van der Waals surface area contributed by atoms with Crippen molar-refractivity contribution in [2.75, 3.05) is 10.6 Å². The fourth-order valence-electron chi connectivity index (χ4n) is 2.77. The van der Waals surface area contributed by atoms with Gasteiger partial charge < -0.3 is 15.4 Å². The average molecular weight is 442 g/mol. The van der Waals surface area contributed by atoms with Crippen LogP contribution in [-0.4, -0.2) is 23.0 Å². The summed E-state index contributed by atoms with van der Waals surface area (Å²) in [4.78, 5) is 24.4. The Balaban J connectivity index is 1.87. The first-order valence-electron chi connectivity index (χ1n) is 10.7. The molecule has 2 aromatic carbocycles. The van der Waals surface area contributed by atoms with Crippen LogP contribution in [0.4, 0.5) is 11.4 Å². The Morgan fingerprint density at radius 1 is 1.00 bits per heavy atom. The summed E-state index contributed by atoms with van der Waals surface area (Å²) in [5, 5.41) is 8.70. The van der Waals surface area contributed by atoms with Crippen LogP contribution in [0.15, 0.2) is 48.5 Å². The fourth-order valence-corrected chi connectivity index (χ4v) is 2.98. The quantitative estimate of drug-likeness (QED) is 0.335. The third-order valence-electron chi connectivity index (χ3n) is 4.67. The van der Waals surface area contributed by atoms with Gasteiger partial charge >= 0.3 is 0 Å². The first kappa shape index (κ1) is 24.3. The molecule has 1 atom stereocenters. The molecule has 7 heteroatoms. The molecule has 2 rings (SSSR count). The maximum Gasteiger partial charge on any atom is 0.257 e. The molecule has 166 valence electrons. The lowest BCUT2D eigenvalue weighted by molar-refractivity contribution is -0.116. The zero-order chi connectivity index (χ0) is 22.6. The molecule has 0 heterocycles. The standard InChI is InChI=1S/C24H31N3O3S/c1-4-6-7-11-22(28)25-19-9-8-10-20(16-19)26-24(31)27-23(29)18-12-14-21(15-13-18)30-17(3)5-2/h8-10,12-17H,4-7,11H2,1-3H3,(H,25,28)(H2,26,27,29,31). The van der Waals surface area contributed by atoms with Crippen LogP contribution in [0.2, 0.25) is 0 Å². The molecule has 31 heavy (non-hydrogen) atoms. The number of carbonyl (C=O) groups excluding carboxylic acids is 2. The molecule has 2 amide bonds. The largest absolute Gasteiger partial charge is 0.491 e. The molecule has 0 bridgehead atoms. The zero-order valence-electron chi connectivity index (χ0n) is 18.4. The molecular weight excluding hydrogens is 410 g/mol. The van der Waals surface area contributed by atoms with Crippen molar-refractivity contribution in [3.8, 4) is 5.75 Å². The van der Waals surface area contributed by atoms with Gasteiger partial charge in [0.05, 0.1) is 6.10 Å². The first-order valence-corrected chi connectivity index (χ1v) is 11.1. The van der Waals surface area contributed by atoms with Crippen molar-refractivity contribution in [2.24, 2.45) is 0 Å². The molecule has 0 saturated heterocycles. The number of amides is 2. The number of carbonyl (C=O) groups is 2. The van der Waals surface area contributed by atoms with E-state index in [0.717, 1.165) is 31.4 Å². The summed E-state index contributed by atoms with van der Waals surface area (Å²) in [6.07, 6.45) is 4.52. The number of nitrogens with one attached hydrogen (secondary N) is 3.